The summed E-state index contributed by atoms with van der Waals surface area (Å²) in [6, 6.07) is 32.2. The van der Waals surface area contributed by atoms with Crippen LogP contribution in [0.2, 0.25) is 0 Å². The molecule has 0 saturated heterocycles. The summed E-state index contributed by atoms with van der Waals surface area (Å²) in [5.41, 5.74) is 3.05. The lowest BCUT2D eigenvalue weighted by Crippen LogP contribution is -1.99. The molecule has 0 heterocycles. The molecule has 6 aromatic carbocycles. The second kappa shape index (κ2) is 7.93. The zero-order valence-electron chi connectivity index (χ0n) is 19.3. The molecule has 164 valence electrons. The Morgan fingerprint density at radius 2 is 1.21 bits per heavy atom. The first-order chi connectivity index (χ1) is 16.8. The minimum atomic E-state index is 0.773. The predicted molar refractivity (Wildman–Crippen MR) is 145 cm³/mol. The first-order valence-corrected chi connectivity index (χ1v) is 11.4. The molecule has 0 aliphatic rings. The number of benzene rings is 6. The van der Waals surface area contributed by atoms with Crippen LogP contribution in [-0.2, 0) is 0 Å². The maximum Gasteiger partial charge on any atom is 0.138 e. The Morgan fingerprint density at radius 3 is 1.91 bits per heavy atom. The summed E-state index contributed by atoms with van der Waals surface area (Å²) >= 11 is 0. The number of ether oxygens (including phenoxy) is 2. The first-order valence-electron chi connectivity index (χ1n) is 11.4. The topological polar surface area (TPSA) is 18.5 Å². The van der Waals surface area contributed by atoms with Crippen molar-refractivity contribution in [1.82, 2.24) is 0 Å². The molecule has 0 radical (unpaired) electrons. The van der Waals surface area contributed by atoms with Gasteiger partial charge in [0, 0.05) is 10.9 Å². The number of hydrogen-bond acceptors (Lipinski definition) is 2. The summed E-state index contributed by atoms with van der Waals surface area (Å²) in [6.07, 6.45) is 1.84. The monoisotopic (exact) mass is 440 g/mol. The van der Waals surface area contributed by atoms with Gasteiger partial charge in [-0.25, -0.2) is 0 Å². The van der Waals surface area contributed by atoms with Crippen LogP contribution < -0.4 is 9.47 Å². The highest BCUT2D eigenvalue weighted by molar-refractivity contribution is 6.22. The maximum absolute atomic E-state index is 6.09. The van der Waals surface area contributed by atoms with Crippen molar-refractivity contribution < 1.29 is 9.47 Å². The number of fused-ring (bicyclic) bond motifs is 6. The van der Waals surface area contributed by atoms with E-state index in [1.54, 1.807) is 14.2 Å². The second-order valence-electron chi connectivity index (χ2n) is 8.46. The van der Waals surface area contributed by atoms with Crippen LogP contribution in [0.15, 0.2) is 97.6 Å². The van der Waals surface area contributed by atoms with E-state index in [1.165, 1.54) is 26.9 Å². The summed E-state index contributed by atoms with van der Waals surface area (Å²) in [7, 11) is 3.44. The minimum Gasteiger partial charge on any atom is -0.495 e. The van der Waals surface area contributed by atoms with E-state index in [-0.39, 0.29) is 0 Å². The van der Waals surface area contributed by atoms with Crippen molar-refractivity contribution in [3.05, 3.63) is 103 Å². The van der Waals surface area contributed by atoms with Crippen LogP contribution in [0.1, 0.15) is 5.56 Å². The van der Waals surface area contributed by atoms with Gasteiger partial charge in [-0.1, -0.05) is 97.6 Å². The maximum atomic E-state index is 6.09. The molecule has 2 heteroatoms. The van der Waals surface area contributed by atoms with Gasteiger partial charge in [0.15, 0.2) is 0 Å². The van der Waals surface area contributed by atoms with Crippen LogP contribution in [0.3, 0.4) is 0 Å². The summed E-state index contributed by atoms with van der Waals surface area (Å²) < 4.78 is 12.1. The third-order valence-electron chi connectivity index (χ3n) is 6.79. The van der Waals surface area contributed by atoms with E-state index in [1.807, 2.05) is 6.08 Å². The molecule has 0 aliphatic heterocycles. The van der Waals surface area contributed by atoms with Crippen LogP contribution in [-0.4, -0.2) is 14.2 Å². The summed E-state index contributed by atoms with van der Waals surface area (Å²) in [5.74, 6) is 1.56. The molecule has 0 spiro atoms. The van der Waals surface area contributed by atoms with Gasteiger partial charge in [-0.05, 0) is 49.3 Å². The molecule has 6 rings (SSSR count). The molecule has 34 heavy (non-hydrogen) atoms. The van der Waals surface area contributed by atoms with Crippen molar-refractivity contribution >= 4 is 49.2 Å². The molecule has 2 nitrogen and oxygen atoms in total. The van der Waals surface area contributed by atoms with Crippen LogP contribution in [0.5, 0.6) is 11.5 Å². The van der Waals surface area contributed by atoms with Gasteiger partial charge >= 0.3 is 0 Å². The average molecular weight is 441 g/mol. The Morgan fingerprint density at radius 1 is 0.588 bits per heavy atom. The Hall–Kier alpha value is -4.30. The highest BCUT2D eigenvalue weighted by atomic mass is 16.5. The van der Waals surface area contributed by atoms with Crippen molar-refractivity contribution in [1.29, 1.82) is 0 Å². The Bertz CT molecular complexity index is 1740. The molecule has 0 atom stereocenters. The van der Waals surface area contributed by atoms with Crippen molar-refractivity contribution in [3.8, 4) is 22.6 Å². The fourth-order valence-electron chi connectivity index (χ4n) is 5.36. The smallest absolute Gasteiger partial charge is 0.138 e. The lowest BCUT2D eigenvalue weighted by Gasteiger charge is -2.22. The van der Waals surface area contributed by atoms with Gasteiger partial charge in [0.2, 0.25) is 0 Å². The molecular formula is C32H24O2. The molecule has 0 aliphatic carbocycles. The normalized spacial score (nSPS) is 11.4. The van der Waals surface area contributed by atoms with Crippen LogP contribution in [0.25, 0.3) is 60.3 Å². The highest BCUT2D eigenvalue weighted by Crippen LogP contribution is 2.50. The SMILES string of the molecule is C=Cc1c(OC)c(-c2cc3ccccc3c3ccccc23)c2ccc3ccccc3c2c1OC. The highest BCUT2D eigenvalue weighted by Gasteiger charge is 2.23. The van der Waals surface area contributed by atoms with Gasteiger partial charge in [-0.15, -0.1) is 0 Å². The third kappa shape index (κ3) is 2.82. The van der Waals surface area contributed by atoms with Crippen molar-refractivity contribution in [2.24, 2.45) is 0 Å². The molecule has 0 aromatic heterocycles. The molecular weight excluding hydrogens is 416 g/mol. The number of hydrogen-bond donors (Lipinski definition) is 0. The lowest BCUT2D eigenvalue weighted by atomic mass is 9.87. The first kappa shape index (κ1) is 20.3. The molecule has 0 fully saturated rings. The van der Waals surface area contributed by atoms with E-state index in [2.05, 4.69) is 97.6 Å². The van der Waals surface area contributed by atoms with E-state index in [4.69, 9.17) is 9.47 Å². The molecule has 6 aromatic rings. The van der Waals surface area contributed by atoms with Gasteiger partial charge in [-0.2, -0.15) is 0 Å². The van der Waals surface area contributed by atoms with Crippen molar-refractivity contribution in [2.45, 2.75) is 0 Å². The lowest BCUT2D eigenvalue weighted by molar-refractivity contribution is 0.397. The quantitative estimate of drug-likeness (QED) is 0.255. The molecule has 0 saturated carbocycles. The second-order valence-corrected chi connectivity index (χ2v) is 8.46. The Labute approximate surface area is 198 Å². The molecule has 0 N–H and O–H groups in total. The van der Waals surface area contributed by atoms with Crippen LogP contribution in [0, 0.1) is 0 Å². The molecule has 0 amide bonds. The van der Waals surface area contributed by atoms with Crippen molar-refractivity contribution in [2.75, 3.05) is 14.2 Å². The zero-order chi connectivity index (χ0) is 23.2. The standard InChI is InChI=1S/C32H24O2/c1-4-22-31(33-2)29-24-14-8-5-11-20(24)17-18-27(29)30(32(22)34-3)28-19-21-12-6-7-13-23(21)25-15-9-10-16-26(25)28/h4-19H,1H2,2-3H3. The average Bonchev–Trinajstić information content (AvgIpc) is 2.91. The van der Waals surface area contributed by atoms with E-state index < -0.39 is 0 Å². The largest absolute Gasteiger partial charge is 0.495 e. The third-order valence-corrected chi connectivity index (χ3v) is 6.79. The number of methoxy groups -OCH3 is 2. The van der Waals surface area contributed by atoms with E-state index in [0.717, 1.165) is 44.3 Å². The van der Waals surface area contributed by atoms with E-state index >= 15 is 0 Å². The fourth-order valence-corrected chi connectivity index (χ4v) is 5.36. The van der Waals surface area contributed by atoms with E-state index in [0.29, 0.717) is 0 Å². The Balaban J connectivity index is 1.90. The van der Waals surface area contributed by atoms with Crippen LogP contribution >= 0.6 is 0 Å². The van der Waals surface area contributed by atoms with Crippen LogP contribution in [0.4, 0.5) is 0 Å². The van der Waals surface area contributed by atoms with Gasteiger partial charge < -0.3 is 9.47 Å². The molecule has 0 unspecified atom stereocenters. The van der Waals surface area contributed by atoms with Gasteiger partial charge in [0.05, 0.1) is 19.8 Å². The molecule has 0 bridgehead atoms. The Kier molecular flexibility index (Phi) is 4.74. The summed E-state index contributed by atoms with van der Waals surface area (Å²) in [5, 5.41) is 9.34. The summed E-state index contributed by atoms with van der Waals surface area (Å²) in [6.45, 7) is 4.12. The number of rotatable bonds is 4. The predicted octanol–water partition coefficient (Wildman–Crippen LogP) is 8.63. The summed E-state index contributed by atoms with van der Waals surface area (Å²) in [4.78, 5) is 0. The van der Waals surface area contributed by atoms with E-state index in [9.17, 15) is 0 Å². The minimum absolute atomic E-state index is 0.773. The van der Waals surface area contributed by atoms with Gasteiger partial charge in [0.1, 0.15) is 11.5 Å². The van der Waals surface area contributed by atoms with Gasteiger partial charge in [-0.3, -0.25) is 0 Å². The van der Waals surface area contributed by atoms with Crippen molar-refractivity contribution in [3.63, 3.8) is 0 Å². The fraction of sp³-hybridized carbons (Fsp3) is 0.0625. The van der Waals surface area contributed by atoms with Gasteiger partial charge in [0.25, 0.3) is 0 Å². The zero-order valence-corrected chi connectivity index (χ0v) is 19.3.